The number of esters is 1. The van der Waals surface area contributed by atoms with Gasteiger partial charge >= 0.3 is 12.0 Å². The molecule has 0 radical (unpaired) electrons. The maximum atomic E-state index is 11.6. The van der Waals surface area contributed by atoms with Crippen LogP contribution >= 0.6 is 11.3 Å². The summed E-state index contributed by atoms with van der Waals surface area (Å²) in [4.78, 5) is 38.1. The highest BCUT2D eigenvalue weighted by atomic mass is 32.1. The maximum absolute atomic E-state index is 11.6. The zero-order valence-electron chi connectivity index (χ0n) is 11.9. The number of hydrogen-bond acceptors (Lipinski definition) is 6. The SMILES string of the molecule is CNC(=O)NC(=O)COC(=O)CCc1nc2ccccc2s1. The van der Waals surface area contributed by atoms with E-state index in [1.807, 2.05) is 29.6 Å². The smallest absolute Gasteiger partial charge is 0.321 e. The van der Waals surface area contributed by atoms with Crippen molar-refractivity contribution in [1.82, 2.24) is 15.6 Å². The third kappa shape index (κ3) is 4.52. The van der Waals surface area contributed by atoms with E-state index in [0.29, 0.717) is 6.42 Å². The third-order valence-electron chi connectivity index (χ3n) is 2.73. The molecule has 0 aliphatic heterocycles. The molecule has 1 aromatic heterocycles. The predicted octanol–water partition coefficient (Wildman–Crippen LogP) is 1.23. The van der Waals surface area contributed by atoms with E-state index in [4.69, 9.17) is 4.74 Å². The number of benzene rings is 1. The van der Waals surface area contributed by atoms with Gasteiger partial charge in [0.1, 0.15) is 0 Å². The lowest BCUT2D eigenvalue weighted by atomic mass is 10.3. The number of carbonyl (C=O) groups excluding carboxylic acids is 3. The van der Waals surface area contributed by atoms with E-state index in [0.717, 1.165) is 15.2 Å². The topological polar surface area (TPSA) is 97.4 Å². The summed E-state index contributed by atoms with van der Waals surface area (Å²) < 4.78 is 5.86. The average molecular weight is 321 g/mol. The molecule has 0 aliphatic rings. The van der Waals surface area contributed by atoms with Gasteiger partial charge in [-0.3, -0.25) is 14.9 Å². The Morgan fingerprint density at radius 2 is 2.05 bits per heavy atom. The molecule has 2 aromatic rings. The van der Waals surface area contributed by atoms with Crippen molar-refractivity contribution in [3.05, 3.63) is 29.3 Å². The molecule has 1 aromatic carbocycles. The van der Waals surface area contributed by atoms with Gasteiger partial charge in [0, 0.05) is 13.5 Å². The summed E-state index contributed by atoms with van der Waals surface area (Å²) in [6, 6.07) is 7.08. The van der Waals surface area contributed by atoms with Gasteiger partial charge in [0.15, 0.2) is 6.61 Å². The van der Waals surface area contributed by atoms with Crippen LogP contribution in [0.15, 0.2) is 24.3 Å². The molecule has 22 heavy (non-hydrogen) atoms. The number of rotatable bonds is 5. The molecule has 0 saturated carbocycles. The second-order valence-corrected chi connectivity index (χ2v) is 5.48. The molecular weight excluding hydrogens is 306 g/mol. The second-order valence-electron chi connectivity index (χ2n) is 4.36. The van der Waals surface area contributed by atoms with Gasteiger partial charge in [-0.25, -0.2) is 9.78 Å². The van der Waals surface area contributed by atoms with Crippen molar-refractivity contribution in [2.45, 2.75) is 12.8 Å². The molecule has 1 heterocycles. The molecule has 8 heteroatoms. The number of amides is 3. The van der Waals surface area contributed by atoms with Crippen molar-refractivity contribution in [2.75, 3.05) is 13.7 Å². The molecule has 0 saturated heterocycles. The number of imide groups is 1. The fraction of sp³-hybridized carbons (Fsp3) is 0.286. The Bertz CT molecular complexity index is 665. The van der Waals surface area contributed by atoms with Crippen molar-refractivity contribution in [1.29, 1.82) is 0 Å². The third-order valence-corrected chi connectivity index (χ3v) is 3.82. The summed E-state index contributed by atoms with van der Waals surface area (Å²) >= 11 is 1.52. The Balaban J connectivity index is 1.75. The number of nitrogens with one attached hydrogen (secondary N) is 2. The molecule has 3 amide bonds. The van der Waals surface area contributed by atoms with E-state index in [2.05, 4.69) is 10.3 Å². The fourth-order valence-electron chi connectivity index (χ4n) is 1.68. The van der Waals surface area contributed by atoms with Gasteiger partial charge in [-0.2, -0.15) is 0 Å². The lowest BCUT2D eigenvalue weighted by Crippen LogP contribution is -2.39. The van der Waals surface area contributed by atoms with Gasteiger partial charge in [0.2, 0.25) is 0 Å². The standard InChI is InChI=1S/C14H15N3O4S/c1-15-14(20)17-11(18)8-21-13(19)7-6-12-16-9-4-2-3-5-10(9)22-12/h2-5H,6-8H2,1H3,(H2,15,17,18,20). The first-order valence-electron chi connectivity index (χ1n) is 6.60. The molecule has 0 aliphatic carbocycles. The van der Waals surface area contributed by atoms with E-state index in [-0.39, 0.29) is 6.42 Å². The summed E-state index contributed by atoms with van der Waals surface area (Å²) in [5.74, 6) is -1.18. The van der Waals surface area contributed by atoms with Crippen molar-refractivity contribution in [3.8, 4) is 0 Å². The first kappa shape index (κ1) is 15.9. The fourth-order valence-corrected chi connectivity index (χ4v) is 2.65. The highest BCUT2D eigenvalue weighted by Crippen LogP contribution is 2.22. The van der Waals surface area contributed by atoms with Gasteiger partial charge in [-0.05, 0) is 12.1 Å². The van der Waals surface area contributed by atoms with Crippen LogP contribution < -0.4 is 10.6 Å². The van der Waals surface area contributed by atoms with Crippen LogP contribution in [-0.2, 0) is 20.7 Å². The van der Waals surface area contributed by atoms with Crippen molar-refractivity contribution in [3.63, 3.8) is 0 Å². The predicted molar refractivity (Wildman–Crippen MR) is 81.5 cm³/mol. The lowest BCUT2D eigenvalue weighted by Gasteiger charge is -2.04. The number of aromatic nitrogens is 1. The molecule has 0 spiro atoms. The van der Waals surface area contributed by atoms with Crippen LogP contribution in [0.3, 0.4) is 0 Å². The summed E-state index contributed by atoms with van der Waals surface area (Å²) in [6.45, 7) is -0.480. The molecule has 0 fully saturated rings. The average Bonchev–Trinajstić information content (AvgIpc) is 2.93. The highest BCUT2D eigenvalue weighted by molar-refractivity contribution is 7.18. The normalized spacial score (nSPS) is 10.2. The van der Waals surface area contributed by atoms with E-state index in [9.17, 15) is 14.4 Å². The van der Waals surface area contributed by atoms with Crippen LogP contribution in [0.25, 0.3) is 10.2 Å². The Kier molecular flexibility index (Phi) is 5.42. The van der Waals surface area contributed by atoms with E-state index in [1.54, 1.807) is 0 Å². The van der Waals surface area contributed by atoms with Crippen molar-refractivity contribution >= 4 is 39.5 Å². The number of aryl methyl sites for hydroxylation is 1. The molecule has 116 valence electrons. The minimum atomic E-state index is -0.673. The Morgan fingerprint density at radius 1 is 1.27 bits per heavy atom. The molecule has 2 N–H and O–H groups in total. The molecule has 0 atom stereocenters. The first-order valence-corrected chi connectivity index (χ1v) is 7.42. The quantitative estimate of drug-likeness (QED) is 0.807. The van der Waals surface area contributed by atoms with Crippen LogP contribution in [0.1, 0.15) is 11.4 Å². The van der Waals surface area contributed by atoms with Crippen LogP contribution in [-0.4, -0.2) is 36.5 Å². The number of fused-ring (bicyclic) bond motifs is 1. The van der Waals surface area contributed by atoms with E-state index >= 15 is 0 Å². The molecule has 0 bridgehead atoms. The molecular formula is C14H15N3O4S. The Labute approximate surface area is 130 Å². The number of thiazole rings is 1. The van der Waals surface area contributed by atoms with Crippen LogP contribution in [0.4, 0.5) is 4.79 Å². The summed E-state index contributed by atoms with van der Waals surface area (Å²) in [5.41, 5.74) is 0.904. The van der Waals surface area contributed by atoms with Crippen LogP contribution in [0.5, 0.6) is 0 Å². The molecule has 7 nitrogen and oxygen atoms in total. The number of carbonyl (C=O) groups is 3. The maximum Gasteiger partial charge on any atom is 0.321 e. The number of ether oxygens (including phenoxy) is 1. The van der Waals surface area contributed by atoms with Gasteiger partial charge in [0.05, 0.1) is 21.6 Å². The van der Waals surface area contributed by atoms with E-state index in [1.165, 1.54) is 18.4 Å². The zero-order chi connectivity index (χ0) is 15.9. The van der Waals surface area contributed by atoms with Gasteiger partial charge in [-0.1, -0.05) is 12.1 Å². The highest BCUT2D eigenvalue weighted by Gasteiger charge is 2.11. The van der Waals surface area contributed by atoms with Crippen LogP contribution in [0.2, 0.25) is 0 Å². The molecule has 0 unspecified atom stereocenters. The lowest BCUT2D eigenvalue weighted by molar-refractivity contribution is -0.148. The minimum Gasteiger partial charge on any atom is -0.456 e. The second kappa shape index (κ2) is 7.51. The van der Waals surface area contributed by atoms with Crippen molar-refractivity contribution in [2.24, 2.45) is 0 Å². The first-order chi connectivity index (χ1) is 10.6. The largest absolute Gasteiger partial charge is 0.456 e. The Morgan fingerprint density at radius 3 is 2.77 bits per heavy atom. The Hall–Kier alpha value is -2.48. The minimum absolute atomic E-state index is 0.132. The zero-order valence-corrected chi connectivity index (χ0v) is 12.7. The monoisotopic (exact) mass is 321 g/mol. The number of para-hydroxylation sites is 1. The van der Waals surface area contributed by atoms with Gasteiger partial charge < -0.3 is 10.1 Å². The van der Waals surface area contributed by atoms with Gasteiger partial charge in [0.25, 0.3) is 5.91 Å². The van der Waals surface area contributed by atoms with Crippen LogP contribution in [0, 0.1) is 0 Å². The summed E-state index contributed by atoms with van der Waals surface area (Å²) in [5, 5.41) is 5.07. The number of hydrogen-bond donors (Lipinski definition) is 2. The van der Waals surface area contributed by atoms with E-state index < -0.39 is 24.5 Å². The van der Waals surface area contributed by atoms with Crippen molar-refractivity contribution < 1.29 is 19.1 Å². The number of urea groups is 1. The summed E-state index contributed by atoms with van der Waals surface area (Å²) in [6.07, 6.45) is 0.586. The number of nitrogens with zero attached hydrogens (tertiary/aromatic N) is 1. The van der Waals surface area contributed by atoms with Gasteiger partial charge in [-0.15, -0.1) is 11.3 Å². The molecule has 2 rings (SSSR count). The summed E-state index contributed by atoms with van der Waals surface area (Å²) in [7, 11) is 1.38.